The molecule has 1 fully saturated rings. The van der Waals surface area contributed by atoms with Crippen molar-refractivity contribution in [1.82, 2.24) is 4.31 Å². The Morgan fingerprint density at radius 3 is 2.67 bits per heavy atom. The van der Waals surface area contributed by atoms with Gasteiger partial charge in [0.1, 0.15) is 0 Å². The van der Waals surface area contributed by atoms with Crippen LogP contribution in [0.4, 0.5) is 0 Å². The topological polar surface area (TPSA) is 87.2 Å². The van der Waals surface area contributed by atoms with Crippen LogP contribution >= 0.6 is 28.3 Å². The normalized spacial score (nSPS) is 22.6. The van der Waals surface area contributed by atoms with Crippen LogP contribution in [0.1, 0.15) is 18.9 Å². The molecule has 1 aromatic rings. The van der Waals surface area contributed by atoms with Gasteiger partial charge >= 0.3 is 0 Å². The molecular weight excluding hydrogens is 378 g/mol. The smallest absolute Gasteiger partial charge is 0.243 e. The van der Waals surface area contributed by atoms with E-state index >= 15 is 0 Å². The van der Waals surface area contributed by atoms with E-state index in [1.165, 1.54) is 16.4 Å². The summed E-state index contributed by atoms with van der Waals surface area (Å²) in [5, 5.41) is 8.94. The fraction of sp³-hybridized carbons (Fsp3) is 0.462. The maximum atomic E-state index is 12.6. The molecule has 0 amide bonds. The Kier molecular flexibility index (Phi) is 5.81. The van der Waals surface area contributed by atoms with Gasteiger partial charge in [-0.3, -0.25) is 0 Å². The highest BCUT2D eigenvalue weighted by atomic mass is 79.9. The molecule has 1 aliphatic rings. The van der Waals surface area contributed by atoms with Crippen molar-refractivity contribution >= 4 is 38.4 Å². The van der Waals surface area contributed by atoms with Gasteiger partial charge in [-0.1, -0.05) is 22.9 Å². The first-order valence-corrected chi connectivity index (χ1v) is 8.45. The Morgan fingerprint density at radius 1 is 1.48 bits per heavy atom. The van der Waals surface area contributed by atoms with Gasteiger partial charge in [-0.15, -0.1) is 12.4 Å². The van der Waals surface area contributed by atoms with E-state index in [4.69, 9.17) is 11.0 Å². The van der Waals surface area contributed by atoms with Gasteiger partial charge in [-0.05, 0) is 36.6 Å². The zero-order valence-electron chi connectivity index (χ0n) is 11.5. The van der Waals surface area contributed by atoms with Crippen LogP contribution in [0, 0.1) is 16.7 Å². The first-order valence-electron chi connectivity index (χ1n) is 6.22. The number of rotatable bonds is 3. The molecule has 0 saturated carbocycles. The number of nitrogens with zero attached hydrogens (tertiary/aromatic N) is 2. The van der Waals surface area contributed by atoms with E-state index in [0.29, 0.717) is 29.7 Å². The minimum absolute atomic E-state index is 0. The summed E-state index contributed by atoms with van der Waals surface area (Å²) in [6, 6.07) is 6.48. The van der Waals surface area contributed by atoms with Gasteiger partial charge in [-0.2, -0.15) is 9.57 Å². The molecule has 0 radical (unpaired) electrons. The monoisotopic (exact) mass is 393 g/mol. The Labute approximate surface area is 139 Å². The number of nitriles is 1. The molecule has 116 valence electrons. The van der Waals surface area contributed by atoms with Crippen LogP contribution < -0.4 is 5.73 Å². The van der Waals surface area contributed by atoms with Crippen molar-refractivity contribution in [2.45, 2.75) is 18.2 Å². The Balaban J connectivity index is 0.00000220. The molecule has 2 N–H and O–H groups in total. The second-order valence-corrected chi connectivity index (χ2v) is 8.24. The molecule has 8 heteroatoms. The second-order valence-electron chi connectivity index (χ2n) is 5.39. The highest BCUT2D eigenvalue weighted by Gasteiger charge is 2.39. The Bertz CT molecular complexity index is 674. The molecule has 0 aromatic heterocycles. The SMILES string of the molecule is CC1(CN)CCN(S(=O)(=O)c2cc(Br)cc(C#N)c2)C1.Cl. The maximum absolute atomic E-state index is 12.6. The summed E-state index contributed by atoms with van der Waals surface area (Å²) in [5.41, 5.74) is 5.86. The summed E-state index contributed by atoms with van der Waals surface area (Å²) in [6.45, 7) is 3.33. The van der Waals surface area contributed by atoms with Crippen LogP contribution in [0.3, 0.4) is 0 Å². The van der Waals surface area contributed by atoms with Gasteiger partial charge in [0.15, 0.2) is 0 Å². The summed E-state index contributed by atoms with van der Waals surface area (Å²) in [4.78, 5) is 0.143. The molecule has 5 nitrogen and oxygen atoms in total. The number of sulfonamides is 1. The highest BCUT2D eigenvalue weighted by molar-refractivity contribution is 9.10. The van der Waals surface area contributed by atoms with Crippen LogP contribution in [0.5, 0.6) is 0 Å². The highest BCUT2D eigenvalue weighted by Crippen LogP contribution is 2.33. The summed E-state index contributed by atoms with van der Waals surface area (Å²) >= 11 is 3.24. The molecule has 2 rings (SSSR count). The van der Waals surface area contributed by atoms with Gasteiger partial charge in [0, 0.05) is 17.6 Å². The van der Waals surface area contributed by atoms with E-state index in [2.05, 4.69) is 15.9 Å². The van der Waals surface area contributed by atoms with Crippen molar-refractivity contribution in [2.75, 3.05) is 19.6 Å². The standard InChI is InChI=1S/C13H16BrN3O2S.ClH/c1-13(8-16)2-3-17(9-13)20(18,19)12-5-10(7-15)4-11(14)6-12;/h4-6H,2-3,8-9,16H2,1H3;1H. The minimum Gasteiger partial charge on any atom is -0.330 e. The van der Waals surface area contributed by atoms with Crippen LogP contribution in [0.25, 0.3) is 0 Å². The van der Waals surface area contributed by atoms with Gasteiger partial charge in [0.05, 0.1) is 16.5 Å². The quantitative estimate of drug-likeness (QED) is 0.850. The van der Waals surface area contributed by atoms with E-state index in [9.17, 15) is 8.42 Å². The van der Waals surface area contributed by atoms with Crippen LogP contribution in [-0.4, -0.2) is 32.4 Å². The molecule has 0 bridgehead atoms. The lowest BCUT2D eigenvalue weighted by atomic mass is 9.90. The van der Waals surface area contributed by atoms with Crippen molar-refractivity contribution in [3.63, 3.8) is 0 Å². The molecule has 21 heavy (non-hydrogen) atoms. The zero-order chi connectivity index (χ0) is 15.0. The van der Waals surface area contributed by atoms with Crippen LogP contribution in [-0.2, 0) is 10.0 Å². The summed E-state index contributed by atoms with van der Waals surface area (Å²) < 4.78 is 27.3. The molecule has 1 aliphatic heterocycles. The number of benzene rings is 1. The van der Waals surface area contributed by atoms with E-state index in [0.717, 1.165) is 6.42 Å². The van der Waals surface area contributed by atoms with Crippen molar-refractivity contribution < 1.29 is 8.42 Å². The van der Waals surface area contributed by atoms with Crippen molar-refractivity contribution in [1.29, 1.82) is 5.26 Å². The number of halogens is 2. The third-order valence-corrected chi connectivity index (χ3v) is 5.93. The average Bonchev–Trinajstić information content (AvgIpc) is 2.82. The lowest BCUT2D eigenvalue weighted by Gasteiger charge is -2.22. The third-order valence-electron chi connectivity index (χ3n) is 3.65. The van der Waals surface area contributed by atoms with E-state index in [1.54, 1.807) is 6.07 Å². The largest absolute Gasteiger partial charge is 0.330 e. The average molecular weight is 395 g/mol. The molecular formula is C13H17BrClN3O2S. The summed E-state index contributed by atoms with van der Waals surface area (Å²) in [7, 11) is -3.58. The lowest BCUT2D eigenvalue weighted by molar-refractivity contribution is 0.349. The van der Waals surface area contributed by atoms with Gasteiger partial charge in [-0.25, -0.2) is 8.42 Å². The fourth-order valence-corrected chi connectivity index (χ4v) is 4.58. The van der Waals surface area contributed by atoms with Crippen molar-refractivity contribution in [2.24, 2.45) is 11.1 Å². The van der Waals surface area contributed by atoms with Crippen molar-refractivity contribution in [3.8, 4) is 6.07 Å². The van der Waals surface area contributed by atoms with Gasteiger partial charge < -0.3 is 5.73 Å². The van der Waals surface area contributed by atoms with Crippen molar-refractivity contribution in [3.05, 3.63) is 28.2 Å². The number of hydrogen-bond donors (Lipinski definition) is 1. The van der Waals surface area contributed by atoms with E-state index in [1.807, 2.05) is 13.0 Å². The Hall–Kier alpha value is -0.650. The van der Waals surface area contributed by atoms with Gasteiger partial charge in [0.2, 0.25) is 10.0 Å². The predicted molar refractivity (Wildman–Crippen MR) is 86.6 cm³/mol. The van der Waals surface area contributed by atoms with Crippen LogP contribution in [0.2, 0.25) is 0 Å². The predicted octanol–water partition coefficient (Wildman–Crippen LogP) is 2.10. The Morgan fingerprint density at radius 2 is 2.14 bits per heavy atom. The third kappa shape index (κ3) is 3.76. The number of nitrogens with two attached hydrogens (primary N) is 1. The molecule has 0 spiro atoms. The fourth-order valence-electron chi connectivity index (χ4n) is 2.28. The first-order chi connectivity index (χ1) is 9.30. The summed E-state index contributed by atoms with van der Waals surface area (Å²) in [6.07, 6.45) is 0.752. The molecule has 1 saturated heterocycles. The second kappa shape index (κ2) is 6.63. The lowest BCUT2D eigenvalue weighted by Crippen LogP contribution is -2.34. The molecule has 0 aliphatic carbocycles. The maximum Gasteiger partial charge on any atom is 0.243 e. The molecule has 1 heterocycles. The zero-order valence-corrected chi connectivity index (χ0v) is 14.8. The molecule has 1 aromatic carbocycles. The van der Waals surface area contributed by atoms with E-state index < -0.39 is 10.0 Å². The van der Waals surface area contributed by atoms with Crippen LogP contribution in [0.15, 0.2) is 27.6 Å². The first kappa shape index (κ1) is 18.4. The van der Waals surface area contributed by atoms with E-state index in [-0.39, 0.29) is 22.7 Å². The molecule has 1 atom stereocenters. The number of hydrogen-bond acceptors (Lipinski definition) is 4. The molecule has 1 unspecified atom stereocenters. The van der Waals surface area contributed by atoms with Gasteiger partial charge in [0.25, 0.3) is 0 Å². The summed E-state index contributed by atoms with van der Waals surface area (Å²) in [5.74, 6) is 0. The minimum atomic E-state index is -3.58.